The van der Waals surface area contributed by atoms with Gasteiger partial charge in [0.05, 0.1) is 0 Å². The molecule has 0 unspecified atom stereocenters. The van der Waals surface area contributed by atoms with E-state index in [4.69, 9.17) is 0 Å². The van der Waals surface area contributed by atoms with Gasteiger partial charge < -0.3 is 14.8 Å². The second kappa shape index (κ2) is 11.4. The van der Waals surface area contributed by atoms with Crippen LogP contribution in [0.2, 0.25) is 0 Å². The molecule has 3 aromatic carbocycles. The van der Waals surface area contributed by atoms with Crippen molar-refractivity contribution in [2.24, 2.45) is 0 Å². The van der Waals surface area contributed by atoms with Crippen LogP contribution in [0, 0.1) is 24.6 Å². The number of halogens is 1. The van der Waals surface area contributed by atoms with Crippen molar-refractivity contribution < 1.29 is 24.5 Å². The molecule has 0 spiro atoms. The third kappa shape index (κ3) is 6.13. The summed E-state index contributed by atoms with van der Waals surface area (Å²) in [4.78, 5) is 8.28. The third-order valence-electron chi connectivity index (χ3n) is 4.66. The molecule has 32 heavy (non-hydrogen) atoms. The number of aromatic nitrogens is 1. The van der Waals surface area contributed by atoms with Gasteiger partial charge in [0.1, 0.15) is 0 Å². The van der Waals surface area contributed by atoms with Crippen molar-refractivity contribution in [3.05, 3.63) is 128 Å². The second-order valence-corrected chi connectivity index (χ2v) is 6.95. The van der Waals surface area contributed by atoms with E-state index in [1.54, 1.807) is 6.07 Å². The number of pyridine rings is 1. The molecule has 0 aliphatic carbocycles. The molecule has 0 N–H and O–H groups in total. The molecule has 0 saturated carbocycles. The van der Waals surface area contributed by atoms with Crippen LogP contribution in [-0.4, -0.2) is 16.9 Å². The van der Waals surface area contributed by atoms with E-state index in [0.717, 1.165) is 22.5 Å². The predicted octanol–water partition coefficient (Wildman–Crippen LogP) is 6.18. The minimum absolute atomic E-state index is 0. The van der Waals surface area contributed by atoms with Crippen molar-refractivity contribution in [3.8, 4) is 22.4 Å². The molecular formula is C27H21FIrN3. The van der Waals surface area contributed by atoms with Gasteiger partial charge in [0.2, 0.25) is 0 Å². The van der Waals surface area contributed by atoms with Crippen LogP contribution in [0.1, 0.15) is 0 Å². The zero-order valence-electron chi connectivity index (χ0n) is 17.4. The Balaban J connectivity index is 0.000000184. The molecule has 5 rings (SSSR count). The number of hydrogen-bond acceptors (Lipinski definition) is 3. The molecule has 0 fully saturated rings. The molecule has 0 amide bonds. The van der Waals surface area contributed by atoms with Gasteiger partial charge in [-0.2, -0.15) is 12.7 Å². The summed E-state index contributed by atoms with van der Waals surface area (Å²) < 4.78 is 12.6. The summed E-state index contributed by atoms with van der Waals surface area (Å²) in [6.45, 7) is 1.89. The fraction of sp³-hybridized carbons (Fsp3) is 0.0370. The Morgan fingerprint density at radius 3 is 2.25 bits per heavy atom. The molecule has 160 valence electrons. The Hall–Kier alpha value is -3.27. The average molecular weight is 599 g/mol. The minimum atomic E-state index is -0.264. The normalized spacial score (nSPS) is 12.1. The van der Waals surface area contributed by atoms with Gasteiger partial charge in [0.25, 0.3) is 0 Å². The first-order chi connectivity index (χ1) is 15.2. The van der Waals surface area contributed by atoms with E-state index in [0.29, 0.717) is 0 Å². The largest absolute Gasteiger partial charge is 3.00 e. The van der Waals surface area contributed by atoms with E-state index in [1.165, 1.54) is 17.7 Å². The van der Waals surface area contributed by atoms with E-state index >= 15 is 0 Å². The van der Waals surface area contributed by atoms with E-state index < -0.39 is 0 Å². The molecule has 0 atom stereocenters. The molecule has 1 aliphatic rings. The molecule has 1 aliphatic heterocycles. The zero-order valence-corrected chi connectivity index (χ0v) is 19.8. The van der Waals surface area contributed by atoms with Gasteiger partial charge in [-0.1, -0.05) is 42.5 Å². The number of rotatable bonds is 3. The SMILES string of the molecule is CN1C=CN(c2[c-]cc(F)cc2)[CH-]1.[Ir+3].[c-]1ccccc1-c1ccc(-c2ccccc2)cn1. The molecular weight excluding hydrogens is 578 g/mol. The molecule has 3 nitrogen and oxygen atoms in total. The summed E-state index contributed by atoms with van der Waals surface area (Å²) >= 11 is 0. The van der Waals surface area contributed by atoms with Gasteiger partial charge in [-0.15, -0.1) is 59.8 Å². The quantitative estimate of drug-likeness (QED) is 0.263. The average Bonchev–Trinajstić information content (AvgIpc) is 3.27. The van der Waals surface area contributed by atoms with E-state index in [9.17, 15) is 4.39 Å². The Kier molecular flexibility index (Phi) is 8.32. The fourth-order valence-electron chi connectivity index (χ4n) is 3.06. The molecule has 4 aromatic rings. The van der Waals surface area contributed by atoms with Crippen molar-refractivity contribution in [3.63, 3.8) is 0 Å². The van der Waals surface area contributed by atoms with Crippen LogP contribution in [-0.2, 0) is 20.1 Å². The molecule has 1 aromatic heterocycles. The van der Waals surface area contributed by atoms with Crippen molar-refractivity contribution in [1.82, 2.24) is 9.88 Å². The van der Waals surface area contributed by atoms with Crippen LogP contribution in [0.5, 0.6) is 0 Å². The predicted molar refractivity (Wildman–Crippen MR) is 123 cm³/mol. The topological polar surface area (TPSA) is 19.4 Å². The monoisotopic (exact) mass is 599 g/mol. The maximum Gasteiger partial charge on any atom is 3.00 e. The molecule has 0 radical (unpaired) electrons. The van der Waals surface area contributed by atoms with Crippen LogP contribution < -0.4 is 4.90 Å². The molecule has 0 bridgehead atoms. The fourth-order valence-corrected chi connectivity index (χ4v) is 3.06. The number of nitrogens with zero attached hydrogens (tertiary/aromatic N) is 3. The van der Waals surface area contributed by atoms with Gasteiger partial charge in [-0.3, -0.25) is 4.39 Å². The first-order valence-corrected chi connectivity index (χ1v) is 9.88. The Labute approximate surface area is 202 Å². The van der Waals surface area contributed by atoms with Crippen LogP contribution in [0.15, 0.2) is 104 Å². The Bertz CT molecular complexity index is 1060. The molecule has 2 heterocycles. The van der Waals surface area contributed by atoms with Gasteiger partial charge in [-0.05, 0) is 36.3 Å². The Morgan fingerprint density at radius 1 is 0.844 bits per heavy atom. The molecule has 0 saturated heterocycles. The first-order valence-electron chi connectivity index (χ1n) is 9.88. The van der Waals surface area contributed by atoms with Crippen molar-refractivity contribution in [2.75, 3.05) is 11.9 Å². The smallest absolute Gasteiger partial charge is 0.510 e. The van der Waals surface area contributed by atoms with Crippen molar-refractivity contribution >= 4 is 5.69 Å². The summed E-state index contributed by atoms with van der Waals surface area (Å²) in [7, 11) is 1.93. The second-order valence-electron chi connectivity index (χ2n) is 6.95. The maximum atomic E-state index is 12.6. The van der Waals surface area contributed by atoms with Crippen LogP contribution in [0.3, 0.4) is 0 Å². The van der Waals surface area contributed by atoms with Gasteiger partial charge >= 0.3 is 20.1 Å². The minimum Gasteiger partial charge on any atom is -0.510 e. The standard InChI is InChI=1S/C17H12N.C10H9FN2.Ir/c1-3-7-14(8-4-1)16-11-12-17(18-13-16)15-9-5-2-6-10-15;1-12-6-7-13(8-12)10-4-2-9(11)3-5-10;/h1-9,11-13H;2-4,6-8H,1H3;/q-1;-2;+3. The van der Waals surface area contributed by atoms with Crippen molar-refractivity contribution in [2.45, 2.75) is 0 Å². The number of anilines is 1. The maximum absolute atomic E-state index is 12.6. The number of hydrogen-bond donors (Lipinski definition) is 0. The van der Waals surface area contributed by atoms with Crippen LogP contribution in [0.25, 0.3) is 22.4 Å². The third-order valence-corrected chi connectivity index (χ3v) is 4.66. The summed E-state index contributed by atoms with van der Waals surface area (Å²) in [6.07, 6.45) is 5.71. The number of benzene rings is 3. The van der Waals surface area contributed by atoms with E-state index in [1.807, 2.05) is 90.6 Å². The Morgan fingerprint density at radius 2 is 1.66 bits per heavy atom. The molecule has 5 heteroatoms. The van der Waals surface area contributed by atoms with E-state index in [-0.39, 0.29) is 25.9 Å². The van der Waals surface area contributed by atoms with Crippen LogP contribution >= 0.6 is 0 Å². The van der Waals surface area contributed by atoms with Crippen LogP contribution in [0.4, 0.5) is 10.1 Å². The first kappa shape index (κ1) is 23.4. The van der Waals surface area contributed by atoms with Gasteiger partial charge in [0, 0.05) is 12.0 Å². The summed E-state index contributed by atoms with van der Waals surface area (Å²) in [6, 6.07) is 32.7. The summed E-state index contributed by atoms with van der Waals surface area (Å²) in [5.74, 6) is -0.264. The zero-order chi connectivity index (χ0) is 21.5. The van der Waals surface area contributed by atoms with Gasteiger partial charge in [0.15, 0.2) is 0 Å². The van der Waals surface area contributed by atoms with E-state index in [2.05, 4.69) is 35.3 Å². The van der Waals surface area contributed by atoms with Crippen molar-refractivity contribution in [1.29, 1.82) is 0 Å². The summed E-state index contributed by atoms with van der Waals surface area (Å²) in [5, 5.41) is 0. The summed E-state index contributed by atoms with van der Waals surface area (Å²) in [5.41, 5.74) is 5.14. The van der Waals surface area contributed by atoms with Gasteiger partial charge in [-0.25, -0.2) is 0 Å².